The Morgan fingerprint density at radius 1 is 1.07 bits per heavy atom. The normalized spacial score (nSPS) is 11.1. The summed E-state index contributed by atoms with van der Waals surface area (Å²) in [5.41, 5.74) is 2.14. The van der Waals surface area contributed by atoms with Crippen molar-refractivity contribution in [2.24, 2.45) is 0 Å². The molecule has 0 aliphatic carbocycles. The fourth-order valence-corrected chi connectivity index (χ4v) is 3.39. The molecule has 138 valence electrons. The molecule has 3 rings (SSSR count). The van der Waals surface area contributed by atoms with Gasteiger partial charge in [0, 0.05) is 23.9 Å². The van der Waals surface area contributed by atoms with Crippen LogP contribution in [0.1, 0.15) is 16.1 Å². The van der Waals surface area contributed by atoms with E-state index >= 15 is 0 Å². The van der Waals surface area contributed by atoms with Crippen molar-refractivity contribution in [2.75, 3.05) is 7.11 Å². The zero-order chi connectivity index (χ0) is 19.3. The van der Waals surface area contributed by atoms with Crippen LogP contribution in [0.2, 0.25) is 0 Å². The number of pyridine rings is 2. The van der Waals surface area contributed by atoms with Gasteiger partial charge in [-0.25, -0.2) is 18.1 Å². The third-order valence-electron chi connectivity index (χ3n) is 3.78. The molecule has 0 amide bonds. The van der Waals surface area contributed by atoms with Crippen molar-refractivity contribution in [3.8, 4) is 17.1 Å². The second-order valence-electron chi connectivity index (χ2n) is 5.61. The molecule has 0 bridgehead atoms. The summed E-state index contributed by atoms with van der Waals surface area (Å²) in [7, 11) is -2.22. The van der Waals surface area contributed by atoms with Crippen LogP contribution < -0.4 is 9.46 Å². The minimum absolute atomic E-state index is 0.0190. The highest BCUT2D eigenvalue weighted by molar-refractivity contribution is 7.89. The second kappa shape index (κ2) is 8.07. The van der Waals surface area contributed by atoms with Gasteiger partial charge < -0.3 is 4.74 Å². The predicted molar refractivity (Wildman–Crippen MR) is 99.9 cm³/mol. The molecule has 0 aliphatic heterocycles. The van der Waals surface area contributed by atoms with Crippen LogP contribution in [0.4, 0.5) is 0 Å². The van der Waals surface area contributed by atoms with Gasteiger partial charge in [0.15, 0.2) is 0 Å². The molecule has 0 spiro atoms. The highest BCUT2D eigenvalue weighted by atomic mass is 32.2. The number of nitrogens with zero attached hydrogens (tertiary/aromatic N) is 2. The molecule has 1 N–H and O–H groups in total. The number of carbonyl (C=O) groups excluding carboxylic acids is 1. The average Bonchev–Trinajstić information content (AvgIpc) is 2.72. The summed E-state index contributed by atoms with van der Waals surface area (Å²) in [6.45, 7) is -0.0190. The first-order valence-corrected chi connectivity index (χ1v) is 9.51. The standard InChI is InChI=1S/C19H17N3O4S/c1-26-16-10-15(22-19(11-16)18-4-2-3-9-20-18)12-21-27(24,25)17-7-5-14(13-23)6-8-17/h2-11,13,21H,12H2,1H3. The van der Waals surface area contributed by atoms with E-state index in [1.165, 1.54) is 31.4 Å². The van der Waals surface area contributed by atoms with Gasteiger partial charge in [0.1, 0.15) is 12.0 Å². The molecule has 2 aromatic heterocycles. The maximum Gasteiger partial charge on any atom is 0.240 e. The van der Waals surface area contributed by atoms with Crippen LogP contribution in [0.5, 0.6) is 5.75 Å². The Bertz CT molecular complexity index is 1040. The molecule has 1 aromatic carbocycles. The molecule has 0 saturated heterocycles. The summed E-state index contributed by atoms with van der Waals surface area (Å²) in [5.74, 6) is 0.551. The Morgan fingerprint density at radius 2 is 1.85 bits per heavy atom. The van der Waals surface area contributed by atoms with Crippen molar-refractivity contribution in [1.29, 1.82) is 0 Å². The number of aldehydes is 1. The number of methoxy groups -OCH3 is 1. The van der Waals surface area contributed by atoms with Gasteiger partial charge in [-0.1, -0.05) is 18.2 Å². The minimum Gasteiger partial charge on any atom is -0.497 e. The van der Waals surface area contributed by atoms with Gasteiger partial charge in [0.25, 0.3) is 0 Å². The second-order valence-corrected chi connectivity index (χ2v) is 7.38. The smallest absolute Gasteiger partial charge is 0.240 e. The Balaban J connectivity index is 1.83. The Kier molecular flexibility index (Phi) is 5.58. The van der Waals surface area contributed by atoms with Gasteiger partial charge >= 0.3 is 0 Å². The van der Waals surface area contributed by atoms with E-state index in [1.54, 1.807) is 24.4 Å². The number of aromatic nitrogens is 2. The fourth-order valence-electron chi connectivity index (χ4n) is 2.39. The van der Waals surface area contributed by atoms with Crippen LogP contribution in [0.25, 0.3) is 11.4 Å². The van der Waals surface area contributed by atoms with E-state index in [9.17, 15) is 13.2 Å². The van der Waals surface area contributed by atoms with Crippen molar-refractivity contribution in [3.63, 3.8) is 0 Å². The average molecular weight is 383 g/mol. The van der Waals surface area contributed by atoms with E-state index in [0.29, 0.717) is 34.7 Å². The van der Waals surface area contributed by atoms with Crippen LogP contribution in [0.15, 0.2) is 65.7 Å². The lowest BCUT2D eigenvalue weighted by atomic mass is 10.2. The van der Waals surface area contributed by atoms with E-state index < -0.39 is 10.0 Å². The van der Waals surface area contributed by atoms with Gasteiger partial charge in [-0.05, 0) is 24.3 Å². The molecule has 0 aliphatic rings. The van der Waals surface area contributed by atoms with Gasteiger partial charge in [0.05, 0.1) is 35.6 Å². The lowest BCUT2D eigenvalue weighted by Crippen LogP contribution is -2.23. The number of sulfonamides is 1. The molecule has 3 aromatic rings. The molecule has 27 heavy (non-hydrogen) atoms. The molecule has 8 heteroatoms. The summed E-state index contributed by atoms with van der Waals surface area (Å²) >= 11 is 0. The molecule has 0 radical (unpaired) electrons. The van der Waals surface area contributed by atoms with Crippen molar-refractivity contribution in [1.82, 2.24) is 14.7 Å². The third-order valence-corrected chi connectivity index (χ3v) is 5.20. The number of ether oxygens (including phenoxy) is 1. The first kappa shape index (κ1) is 18.7. The number of carbonyl (C=O) groups is 1. The van der Waals surface area contributed by atoms with Crippen molar-refractivity contribution in [3.05, 3.63) is 72.1 Å². The monoisotopic (exact) mass is 383 g/mol. The van der Waals surface area contributed by atoms with Crippen LogP contribution in [-0.4, -0.2) is 31.8 Å². The molecule has 0 saturated carbocycles. The molecular formula is C19H17N3O4S. The Labute approximate surface area is 157 Å². The van der Waals surface area contributed by atoms with Crippen molar-refractivity contribution < 1.29 is 17.9 Å². The van der Waals surface area contributed by atoms with Gasteiger partial charge in [-0.3, -0.25) is 9.78 Å². The van der Waals surface area contributed by atoms with E-state index in [4.69, 9.17) is 4.74 Å². The van der Waals surface area contributed by atoms with E-state index in [2.05, 4.69) is 14.7 Å². The zero-order valence-corrected chi connectivity index (χ0v) is 15.3. The maximum atomic E-state index is 12.4. The molecule has 2 heterocycles. The van der Waals surface area contributed by atoms with Gasteiger partial charge in [-0.2, -0.15) is 0 Å². The fraction of sp³-hybridized carbons (Fsp3) is 0.105. The summed E-state index contributed by atoms with van der Waals surface area (Å²) in [5, 5.41) is 0. The molecule has 0 unspecified atom stereocenters. The van der Waals surface area contributed by atoms with Crippen LogP contribution in [-0.2, 0) is 16.6 Å². The molecular weight excluding hydrogens is 366 g/mol. The Hall–Kier alpha value is -3.10. The summed E-state index contributed by atoms with van der Waals surface area (Å²) in [6.07, 6.45) is 2.31. The van der Waals surface area contributed by atoms with Crippen LogP contribution in [0.3, 0.4) is 0 Å². The summed E-state index contributed by atoms with van der Waals surface area (Å²) in [4.78, 5) is 19.5. The molecule has 7 nitrogen and oxygen atoms in total. The number of hydrogen-bond acceptors (Lipinski definition) is 6. The van der Waals surface area contributed by atoms with Gasteiger partial charge in [-0.15, -0.1) is 0 Å². The zero-order valence-electron chi connectivity index (χ0n) is 14.5. The number of rotatable bonds is 7. The highest BCUT2D eigenvalue weighted by Crippen LogP contribution is 2.21. The van der Waals surface area contributed by atoms with Crippen LogP contribution in [0, 0.1) is 0 Å². The Morgan fingerprint density at radius 3 is 2.48 bits per heavy atom. The van der Waals surface area contributed by atoms with Gasteiger partial charge in [0.2, 0.25) is 10.0 Å². The number of nitrogens with one attached hydrogen (secondary N) is 1. The first-order chi connectivity index (χ1) is 13.0. The summed E-state index contributed by atoms with van der Waals surface area (Å²) < 4.78 is 32.7. The lowest BCUT2D eigenvalue weighted by molar-refractivity contribution is 0.112. The van der Waals surface area contributed by atoms with E-state index in [-0.39, 0.29) is 11.4 Å². The molecule has 0 atom stereocenters. The number of benzene rings is 1. The first-order valence-electron chi connectivity index (χ1n) is 8.03. The topological polar surface area (TPSA) is 98.2 Å². The lowest BCUT2D eigenvalue weighted by Gasteiger charge is -2.10. The molecule has 0 fully saturated rings. The number of hydrogen-bond donors (Lipinski definition) is 1. The SMILES string of the molecule is COc1cc(CNS(=O)(=O)c2ccc(C=O)cc2)nc(-c2ccccn2)c1. The quantitative estimate of drug-likeness (QED) is 0.629. The minimum atomic E-state index is -3.74. The maximum absolute atomic E-state index is 12.4. The predicted octanol–water partition coefficient (Wildman–Crippen LogP) is 2.44. The van der Waals surface area contributed by atoms with Crippen LogP contribution >= 0.6 is 0 Å². The third kappa shape index (κ3) is 4.55. The van der Waals surface area contributed by atoms with Crippen molar-refractivity contribution in [2.45, 2.75) is 11.4 Å². The largest absolute Gasteiger partial charge is 0.497 e. The van der Waals surface area contributed by atoms with Crippen molar-refractivity contribution >= 4 is 16.3 Å². The van der Waals surface area contributed by atoms with E-state index in [1.807, 2.05) is 12.1 Å². The highest BCUT2D eigenvalue weighted by Gasteiger charge is 2.15. The van der Waals surface area contributed by atoms with E-state index in [0.717, 1.165) is 0 Å². The summed E-state index contributed by atoms with van der Waals surface area (Å²) in [6, 6.07) is 14.5.